The fourth-order valence-corrected chi connectivity index (χ4v) is 2.06. The van der Waals surface area contributed by atoms with Crippen molar-refractivity contribution in [3.05, 3.63) is 54.4 Å². The smallest absolute Gasteiger partial charge is 0.195 e. The van der Waals surface area contributed by atoms with E-state index in [0.717, 1.165) is 17.8 Å². The van der Waals surface area contributed by atoms with Crippen molar-refractivity contribution in [2.24, 2.45) is 0 Å². The monoisotopic (exact) mass is 284 g/mol. The predicted molar refractivity (Wildman–Crippen MR) is 76.1 cm³/mol. The van der Waals surface area contributed by atoms with Crippen LogP contribution in [0.4, 0.5) is 0 Å². The summed E-state index contributed by atoms with van der Waals surface area (Å²) in [6.45, 7) is 2.81. The molecule has 0 aliphatic carbocycles. The SMILES string of the molecule is C[C@@H](c1ccon1)N(C)Cc1cnc(-c2ccco2)nc1. The fourth-order valence-electron chi connectivity index (χ4n) is 2.06. The molecular formula is C15H16N4O2. The Kier molecular flexibility index (Phi) is 3.79. The van der Waals surface area contributed by atoms with Crippen molar-refractivity contribution in [3.63, 3.8) is 0 Å². The average molecular weight is 284 g/mol. The molecule has 3 aromatic heterocycles. The van der Waals surface area contributed by atoms with Crippen LogP contribution in [0.5, 0.6) is 0 Å². The van der Waals surface area contributed by atoms with Gasteiger partial charge in [-0.3, -0.25) is 4.90 Å². The van der Waals surface area contributed by atoms with Gasteiger partial charge in [-0.2, -0.15) is 0 Å². The largest absolute Gasteiger partial charge is 0.461 e. The molecule has 3 heterocycles. The third-order valence-electron chi connectivity index (χ3n) is 3.43. The van der Waals surface area contributed by atoms with Gasteiger partial charge in [-0.05, 0) is 26.1 Å². The highest BCUT2D eigenvalue weighted by atomic mass is 16.5. The molecule has 108 valence electrons. The van der Waals surface area contributed by atoms with Crippen molar-refractivity contribution < 1.29 is 8.94 Å². The minimum Gasteiger partial charge on any atom is -0.461 e. The van der Waals surface area contributed by atoms with E-state index in [-0.39, 0.29) is 6.04 Å². The Balaban J connectivity index is 1.68. The van der Waals surface area contributed by atoms with Crippen molar-refractivity contribution in [2.75, 3.05) is 7.05 Å². The third kappa shape index (κ3) is 3.00. The van der Waals surface area contributed by atoms with E-state index < -0.39 is 0 Å². The first-order valence-electron chi connectivity index (χ1n) is 6.69. The van der Waals surface area contributed by atoms with Crippen LogP contribution in [-0.2, 0) is 6.54 Å². The maximum Gasteiger partial charge on any atom is 0.195 e. The normalized spacial score (nSPS) is 12.7. The first kappa shape index (κ1) is 13.5. The van der Waals surface area contributed by atoms with Crippen LogP contribution in [0.1, 0.15) is 24.2 Å². The molecule has 6 nitrogen and oxygen atoms in total. The molecule has 0 saturated heterocycles. The van der Waals surface area contributed by atoms with Crippen LogP contribution in [0.25, 0.3) is 11.6 Å². The molecule has 0 N–H and O–H groups in total. The van der Waals surface area contributed by atoms with Gasteiger partial charge in [0.2, 0.25) is 0 Å². The molecule has 21 heavy (non-hydrogen) atoms. The Morgan fingerprint density at radius 3 is 2.62 bits per heavy atom. The van der Waals surface area contributed by atoms with Gasteiger partial charge in [-0.1, -0.05) is 5.16 Å². The van der Waals surface area contributed by atoms with E-state index in [0.29, 0.717) is 11.6 Å². The summed E-state index contributed by atoms with van der Waals surface area (Å²) >= 11 is 0. The molecule has 0 unspecified atom stereocenters. The number of hydrogen-bond donors (Lipinski definition) is 0. The molecule has 0 spiro atoms. The van der Waals surface area contributed by atoms with Crippen LogP contribution in [0.15, 0.2) is 52.1 Å². The van der Waals surface area contributed by atoms with Gasteiger partial charge in [-0.15, -0.1) is 0 Å². The average Bonchev–Trinajstić information content (AvgIpc) is 3.20. The number of hydrogen-bond acceptors (Lipinski definition) is 6. The maximum absolute atomic E-state index is 5.27. The zero-order valence-corrected chi connectivity index (χ0v) is 11.9. The molecule has 0 amide bonds. The quantitative estimate of drug-likeness (QED) is 0.717. The third-order valence-corrected chi connectivity index (χ3v) is 3.43. The van der Waals surface area contributed by atoms with Gasteiger partial charge in [0.25, 0.3) is 0 Å². The van der Waals surface area contributed by atoms with Gasteiger partial charge in [-0.25, -0.2) is 9.97 Å². The Labute approximate surface area is 122 Å². The van der Waals surface area contributed by atoms with Crippen LogP contribution >= 0.6 is 0 Å². The molecule has 0 bridgehead atoms. The maximum atomic E-state index is 5.27. The number of aromatic nitrogens is 3. The summed E-state index contributed by atoms with van der Waals surface area (Å²) in [5.41, 5.74) is 1.94. The van der Waals surface area contributed by atoms with Gasteiger partial charge in [0, 0.05) is 30.6 Å². The van der Waals surface area contributed by atoms with Gasteiger partial charge in [0.1, 0.15) is 12.0 Å². The summed E-state index contributed by atoms with van der Waals surface area (Å²) in [5, 5.41) is 3.97. The standard InChI is InChI=1S/C15H16N4O2/c1-11(13-5-7-21-18-13)19(2)10-12-8-16-15(17-9-12)14-4-3-6-20-14/h3-9,11H,10H2,1-2H3/t11-/m0/s1. The van der Waals surface area contributed by atoms with E-state index >= 15 is 0 Å². The Morgan fingerprint density at radius 2 is 2.00 bits per heavy atom. The highest BCUT2D eigenvalue weighted by Gasteiger charge is 2.15. The van der Waals surface area contributed by atoms with E-state index in [4.69, 9.17) is 8.94 Å². The lowest BCUT2D eigenvalue weighted by Crippen LogP contribution is -2.22. The van der Waals surface area contributed by atoms with Crippen molar-refractivity contribution in [1.29, 1.82) is 0 Å². The fraction of sp³-hybridized carbons (Fsp3) is 0.267. The Morgan fingerprint density at radius 1 is 1.19 bits per heavy atom. The molecule has 0 aromatic carbocycles. The molecule has 3 rings (SSSR count). The molecule has 0 aliphatic rings. The summed E-state index contributed by atoms with van der Waals surface area (Å²) in [6, 6.07) is 5.69. The first-order chi connectivity index (χ1) is 10.2. The van der Waals surface area contributed by atoms with Gasteiger partial charge in [0.05, 0.1) is 12.3 Å². The lowest BCUT2D eigenvalue weighted by atomic mass is 10.2. The second kappa shape index (κ2) is 5.88. The van der Waals surface area contributed by atoms with Crippen LogP contribution in [0.2, 0.25) is 0 Å². The first-order valence-corrected chi connectivity index (χ1v) is 6.69. The van der Waals surface area contributed by atoms with Gasteiger partial charge < -0.3 is 8.94 Å². The predicted octanol–water partition coefficient (Wildman–Crippen LogP) is 2.92. The van der Waals surface area contributed by atoms with Crippen LogP contribution in [-0.4, -0.2) is 27.1 Å². The number of nitrogens with zero attached hydrogens (tertiary/aromatic N) is 4. The van der Waals surface area contributed by atoms with E-state index in [1.165, 1.54) is 0 Å². The van der Waals surface area contributed by atoms with E-state index in [2.05, 4.69) is 26.9 Å². The van der Waals surface area contributed by atoms with E-state index in [1.54, 1.807) is 12.5 Å². The zero-order valence-electron chi connectivity index (χ0n) is 11.9. The Bertz CT molecular complexity index is 662. The van der Waals surface area contributed by atoms with Gasteiger partial charge in [0.15, 0.2) is 11.6 Å². The van der Waals surface area contributed by atoms with Crippen LogP contribution in [0.3, 0.4) is 0 Å². The van der Waals surface area contributed by atoms with Crippen molar-refractivity contribution >= 4 is 0 Å². The lowest BCUT2D eigenvalue weighted by molar-refractivity contribution is 0.240. The highest BCUT2D eigenvalue weighted by molar-refractivity contribution is 5.45. The summed E-state index contributed by atoms with van der Waals surface area (Å²) in [7, 11) is 2.03. The summed E-state index contributed by atoms with van der Waals surface area (Å²) in [4.78, 5) is 10.8. The summed E-state index contributed by atoms with van der Waals surface area (Å²) in [5.74, 6) is 1.27. The topological polar surface area (TPSA) is 68.2 Å². The van der Waals surface area contributed by atoms with Crippen molar-refractivity contribution in [1.82, 2.24) is 20.0 Å². The van der Waals surface area contributed by atoms with Gasteiger partial charge >= 0.3 is 0 Å². The molecule has 3 aromatic rings. The molecular weight excluding hydrogens is 268 g/mol. The summed E-state index contributed by atoms with van der Waals surface area (Å²) in [6.07, 6.45) is 6.83. The number of furan rings is 1. The van der Waals surface area contributed by atoms with E-state index in [9.17, 15) is 0 Å². The molecule has 0 saturated carbocycles. The van der Waals surface area contributed by atoms with Crippen LogP contribution < -0.4 is 0 Å². The number of rotatable bonds is 5. The summed E-state index contributed by atoms with van der Waals surface area (Å²) < 4.78 is 10.2. The van der Waals surface area contributed by atoms with Crippen molar-refractivity contribution in [2.45, 2.75) is 19.5 Å². The lowest BCUT2D eigenvalue weighted by Gasteiger charge is -2.22. The molecule has 0 aliphatic heterocycles. The van der Waals surface area contributed by atoms with Crippen molar-refractivity contribution in [3.8, 4) is 11.6 Å². The zero-order chi connectivity index (χ0) is 14.7. The molecule has 6 heteroatoms. The second-order valence-corrected chi connectivity index (χ2v) is 4.91. The Hall–Kier alpha value is -2.47. The molecule has 0 fully saturated rings. The second-order valence-electron chi connectivity index (χ2n) is 4.91. The molecule has 0 radical (unpaired) electrons. The van der Waals surface area contributed by atoms with Crippen LogP contribution in [0, 0.1) is 0 Å². The van der Waals surface area contributed by atoms with E-state index in [1.807, 2.05) is 37.6 Å². The molecule has 1 atom stereocenters. The minimum absolute atomic E-state index is 0.161. The highest BCUT2D eigenvalue weighted by Crippen LogP contribution is 2.19. The minimum atomic E-state index is 0.161.